The number of anilines is 1. The molecule has 0 amide bonds. The Kier molecular flexibility index (Phi) is 4.03. The summed E-state index contributed by atoms with van der Waals surface area (Å²) in [6, 6.07) is 0. The van der Waals surface area contributed by atoms with Crippen molar-refractivity contribution in [2.24, 2.45) is 5.84 Å². The van der Waals surface area contributed by atoms with Crippen molar-refractivity contribution in [2.75, 3.05) is 5.43 Å². The van der Waals surface area contributed by atoms with E-state index in [0.717, 1.165) is 35.7 Å². The van der Waals surface area contributed by atoms with Crippen molar-refractivity contribution in [1.29, 1.82) is 0 Å². The van der Waals surface area contributed by atoms with E-state index in [1.165, 1.54) is 0 Å². The first-order chi connectivity index (χ1) is 7.13. The van der Waals surface area contributed by atoms with Crippen LogP contribution in [0.3, 0.4) is 0 Å². The maximum absolute atomic E-state index is 5.43. The Morgan fingerprint density at radius 3 is 2.27 bits per heavy atom. The number of nitrogen functional groups attached to an aromatic ring is 1. The second-order valence-electron chi connectivity index (χ2n) is 3.80. The largest absolute Gasteiger partial charge is 0.308 e. The highest BCUT2D eigenvalue weighted by molar-refractivity contribution is 5.44. The van der Waals surface area contributed by atoms with Crippen molar-refractivity contribution < 1.29 is 0 Å². The third-order valence-electron chi connectivity index (χ3n) is 2.89. The van der Waals surface area contributed by atoms with Gasteiger partial charge in [-0.25, -0.2) is 15.8 Å². The van der Waals surface area contributed by atoms with Crippen LogP contribution in [0.1, 0.15) is 49.7 Å². The zero-order valence-corrected chi connectivity index (χ0v) is 9.96. The third-order valence-corrected chi connectivity index (χ3v) is 2.89. The average molecular weight is 208 g/mol. The summed E-state index contributed by atoms with van der Waals surface area (Å²) < 4.78 is 0. The van der Waals surface area contributed by atoms with Gasteiger partial charge in [0.25, 0.3) is 0 Å². The van der Waals surface area contributed by atoms with Gasteiger partial charge in [-0.05, 0) is 26.7 Å². The molecule has 4 nitrogen and oxygen atoms in total. The predicted molar refractivity (Wildman–Crippen MR) is 62.6 cm³/mol. The first-order valence-corrected chi connectivity index (χ1v) is 5.45. The van der Waals surface area contributed by atoms with Crippen molar-refractivity contribution in [3.63, 3.8) is 0 Å². The summed E-state index contributed by atoms with van der Waals surface area (Å²) in [6.45, 7) is 8.27. The zero-order chi connectivity index (χ0) is 11.4. The molecular formula is C11H20N4. The molecule has 0 aromatic carbocycles. The lowest BCUT2D eigenvalue weighted by Crippen LogP contribution is -2.14. The van der Waals surface area contributed by atoms with Gasteiger partial charge < -0.3 is 5.43 Å². The SMILES string of the molecule is CCC(CC)c1nc(C)c(C)c(NN)n1. The van der Waals surface area contributed by atoms with Gasteiger partial charge in [-0.3, -0.25) is 0 Å². The highest BCUT2D eigenvalue weighted by atomic mass is 15.3. The average Bonchev–Trinajstić information content (AvgIpc) is 2.24. The summed E-state index contributed by atoms with van der Waals surface area (Å²) in [4.78, 5) is 8.96. The third kappa shape index (κ3) is 2.45. The maximum atomic E-state index is 5.43. The number of nitrogens with one attached hydrogen (secondary N) is 1. The van der Waals surface area contributed by atoms with E-state index in [4.69, 9.17) is 5.84 Å². The Morgan fingerprint density at radius 1 is 1.20 bits per heavy atom. The Bertz CT molecular complexity index is 332. The van der Waals surface area contributed by atoms with E-state index in [0.29, 0.717) is 5.92 Å². The van der Waals surface area contributed by atoms with Gasteiger partial charge >= 0.3 is 0 Å². The van der Waals surface area contributed by atoms with Crippen molar-refractivity contribution in [1.82, 2.24) is 9.97 Å². The molecule has 0 saturated heterocycles. The number of rotatable bonds is 4. The van der Waals surface area contributed by atoms with E-state index in [1.54, 1.807) is 0 Å². The molecule has 1 rings (SSSR count). The molecule has 0 unspecified atom stereocenters. The minimum absolute atomic E-state index is 0.427. The van der Waals surface area contributed by atoms with E-state index in [-0.39, 0.29) is 0 Å². The van der Waals surface area contributed by atoms with Gasteiger partial charge in [-0.2, -0.15) is 0 Å². The van der Waals surface area contributed by atoms with Crippen LogP contribution in [-0.2, 0) is 0 Å². The number of nitrogens with two attached hydrogens (primary N) is 1. The number of aryl methyl sites for hydroxylation is 1. The number of hydrogen-bond acceptors (Lipinski definition) is 4. The molecule has 0 fully saturated rings. The summed E-state index contributed by atoms with van der Waals surface area (Å²) in [5, 5.41) is 0. The molecule has 1 aromatic rings. The molecule has 0 atom stereocenters. The summed E-state index contributed by atoms with van der Waals surface area (Å²) in [6.07, 6.45) is 2.12. The van der Waals surface area contributed by atoms with Gasteiger partial charge in [-0.15, -0.1) is 0 Å². The molecule has 1 heterocycles. The maximum Gasteiger partial charge on any atom is 0.146 e. The molecule has 0 aliphatic rings. The molecule has 3 N–H and O–H groups in total. The van der Waals surface area contributed by atoms with Crippen LogP contribution in [0, 0.1) is 13.8 Å². The van der Waals surface area contributed by atoms with Crippen molar-refractivity contribution >= 4 is 5.82 Å². The van der Waals surface area contributed by atoms with Crippen molar-refractivity contribution in [3.05, 3.63) is 17.1 Å². The molecule has 0 aliphatic carbocycles. The van der Waals surface area contributed by atoms with Gasteiger partial charge in [0, 0.05) is 17.2 Å². The lowest BCUT2D eigenvalue weighted by atomic mass is 10.0. The van der Waals surface area contributed by atoms with Crippen LogP contribution in [0.5, 0.6) is 0 Å². The van der Waals surface area contributed by atoms with E-state index >= 15 is 0 Å². The zero-order valence-electron chi connectivity index (χ0n) is 9.96. The number of hydrazine groups is 1. The Hall–Kier alpha value is -1.16. The van der Waals surface area contributed by atoms with E-state index < -0.39 is 0 Å². The molecular weight excluding hydrogens is 188 g/mol. The molecule has 1 aromatic heterocycles. The quantitative estimate of drug-likeness (QED) is 0.588. The highest BCUT2D eigenvalue weighted by Gasteiger charge is 2.13. The molecule has 0 radical (unpaired) electrons. The fourth-order valence-electron chi connectivity index (χ4n) is 1.63. The van der Waals surface area contributed by atoms with Gasteiger partial charge in [0.1, 0.15) is 11.6 Å². The van der Waals surface area contributed by atoms with Gasteiger partial charge in [0.05, 0.1) is 0 Å². The van der Waals surface area contributed by atoms with Gasteiger partial charge in [0.2, 0.25) is 0 Å². The van der Waals surface area contributed by atoms with Crippen LogP contribution in [-0.4, -0.2) is 9.97 Å². The predicted octanol–water partition coefficient (Wildman–Crippen LogP) is 2.28. The van der Waals surface area contributed by atoms with Crippen molar-refractivity contribution in [2.45, 2.75) is 46.5 Å². The van der Waals surface area contributed by atoms with E-state index in [1.807, 2.05) is 13.8 Å². The minimum atomic E-state index is 0.427. The molecule has 4 heteroatoms. The lowest BCUT2D eigenvalue weighted by Gasteiger charge is -2.14. The molecule has 15 heavy (non-hydrogen) atoms. The Morgan fingerprint density at radius 2 is 1.80 bits per heavy atom. The van der Waals surface area contributed by atoms with Crippen molar-refractivity contribution in [3.8, 4) is 0 Å². The topological polar surface area (TPSA) is 63.8 Å². The summed E-state index contributed by atoms with van der Waals surface area (Å²) in [5.41, 5.74) is 4.65. The molecule has 0 saturated carbocycles. The molecule has 0 spiro atoms. The van der Waals surface area contributed by atoms with Crippen LogP contribution in [0.15, 0.2) is 0 Å². The Labute approximate surface area is 91.3 Å². The number of aromatic nitrogens is 2. The summed E-state index contributed by atoms with van der Waals surface area (Å²) in [5.74, 6) is 7.50. The lowest BCUT2D eigenvalue weighted by molar-refractivity contribution is 0.599. The van der Waals surface area contributed by atoms with E-state index in [2.05, 4.69) is 29.2 Å². The van der Waals surface area contributed by atoms with Crippen LogP contribution >= 0.6 is 0 Å². The first-order valence-electron chi connectivity index (χ1n) is 5.45. The molecule has 84 valence electrons. The fourth-order valence-corrected chi connectivity index (χ4v) is 1.63. The Balaban J connectivity index is 3.15. The second-order valence-corrected chi connectivity index (χ2v) is 3.80. The highest BCUT2D eigenvalue weighted by Crippen LogP contribution is 2.23. The van der Waals surface area contributed by atoms with Crippen LogP contribution < -0.4 is 11.3 Å². The number of hydrogen-bond donors (Lipinski definition) is 2. The smallest absolute Gasteiger partial charge is 0.146 e. The fraction of sp³-hybridized carbons (Fsp3) is 0.636. The van der Waals surface area contributed by atoms with Gasteiger partial charge in [-0.1, -0.05) is 13.8 Å². The van der Waals surface area contributed by atoms with E-state index in [9.17, 15) is 0 Å². The normalized spacial score (nSPS) is 10.8. The summed E-state index contributed by atoms with van der Waals surface area (Å²) in [7, 11) is 0. The monoisotopic (exact) mass is 208 g/mol. The van der Waals surface area contributed by atoms with Crippen LogP contribution in [0.4, 0.5) is 5.82 Å². The summed E-state index contributed by atoms with van der Waals surface area (Å²) >= 11 is 0. The number of nitrogens with zero attached hydrogens (tertiary/aromatic N) is 2. The minimum Gasteiger partial charge on any atom is -0.308 e. The van der Waals surface area contributed by atoms with Gasteiger partial charge in [0.15, 0.2) is 0 Å². The van der Waals surface area contributed by atoms with Crippen LogP contribution in [0.25, 0.3) is 0 Å². The first kappa shape index (κ1) is 11.9. The standard InChI is InChI=1S/C11H20N4/c1-5-9(6-2)11-13-8(4)7(3)10(14-11)15-12/h9H,5-6,12H2,1-4H3,(H,13,14,15). The van der Waals surface area contributed by atoms with Crippen LogP contribution in [0.2, 0.25) is 0 Å². The second kappa shape index (κ2) is 5.07. The molecule has 0 aliphatic heterocycles. The molecule has 0 bridgehead atoms.